The van der Waals surface area contributed by atoms with E-state index in [9.17, 15) is 19.5 Å². The van der Waals surface area contributed by atoms with Crippen LogP contribution in [0.15, 0.2) is 24.3 Å². The fourth-order valence-corrected chi connectivity index (χ4v) is 8.46. The molecule has 9 heteroatoms. The van der Waals surface area contributed by atoms with Crippen LogP contribution in [0.25, 0.3) is 0 Å². The Hall–Kier alpha value is -2.23. The van der Waals surface area contributed by atoms with Gasteiger partial charge in [-0.1, -0.05) is 244 Å². The number of allylic oxidation sites excluding steroid dienone is 4. The van der Waals surface area contributed by atoms with Gasteiger partial charge in [-0.3, -0.25) is 9.59 Å². The number of nitrogens with zero attached hydrogens (tertiary/aromatic N) is 1. The second-order valence-electron chi connectivity index (χ2n) is 21.0. The van der Waals surface area contributed by atoms with Crippen LogP contribution in [0.3, 0.4) is 0 Å². The van der Waals surface area contributed by atoms with Crippen LogP contribution in [-0.2, 0) is 33.3 Å². The van der Waals surface area contributed by atoms with Crippen molar-refractivity contribution in [2.75, 3.05) is 47.5 Å². The fourth-order valence-electron chi connectivity index (χ4n) is 8.46. The summed E-state index contributed by atoms with van der Waals surface area (Å²) in [7, 11) is 5.96. The third-order valence-corrected chi connectivity index (χ3v) is 13.0. The van der Waals surface area contributed by atoms with Crippen LogP contribution in [0, 0.1) is 0 Å². The first-order chi connectivity index (χ1) is 33.1. The molecule has 0 aliphatic carbocycles. The fraction of sp³-hybridized carbons (Fsp3) is 0.881. The number of esters is 2. The number of carbonyl (C=O) groups is 3. The molecule has 0 spiro atoms. The number of carboxylic acids is 1. The Morgan fingerprint density at radius 1 is 0.441 bits per heavy atom. The smallest absolute Gasteiger partial charge is 0.361 e. The number of carbonyl (C=O) groups excluding carboxylic acids is 2. The van der Waals surface area contributed by atoms with E-state index in [0.717, 1.165) is 44.9 Å². The molecule has 0 heterocycles. The summed E-state index contributed by atoms with van der Waals surface area (Å²) in [6.45, 7) is 4.82. The number of hydrogen-bond acceptors (Lipinski definition) is 7. The van der Waals surface area contributed by atoms with E-state index in [2.05, 4.69) is 38.2 Å². The summed E-state index contributed by atoms with van der Waals surface area (Å²) < 4.78 is 22.7. The van der Waals surface area contributed by atoms with Crippen molar-refractivity contribution < 1.29 is 42.9 Å². The van der Waals surface area contributed by atoms with E-state index in [1.807, 2.05) is 21.1 Å². The molecule has 0 rings (SSSR count). The molecule has 0 aliphatic rings. The van der Waals surface area contributed by atoms with Crippen LogP contribution in [0.5, 0.6) is 0 Å². The molecular formula is C59H112NO8+. The van der Waals surface area contributed by atoms with Crippen molar-refractivity contribution in [2.24, 2.45) is 0 Å². The maximum Gasteiger partial charge on any atom is 0.361 e. The zero-order chi connectivity index (χ0) is 49.9. The normalized spacial score (nSPS) is 12.9. The van der Waals surface area contributed by atoms with Crippen molar-refractivity contribution in [3.05, 3.63) is 24.3 Å². The summed E-state index contributed by atoms with van der Waals surface area (Å²) in [5.74, 6) is -2.00. The maximum atomic E-state index is 12.8. The van der Waals surface area contributed by atoms with Gasteiger partial charge in [-0.25, -0.2) is 4.79 Å². The van der Waals surface area contributed by atoms with Crippen LogP contribution in [0.4, 0.5) is 0 Å². The lowest BCUT2D eigenvalue weighted by Gasteiger charge is -2.25. The van der Waals surface area contributed by atoms with Gasteiger partial charge in [0.05, 0.1) is 34.4 Å². The van der Waals surface area contributed by atoms with Gasteiger partial charge in [0.15, 0.2) is 6.10 Å². The number of aliphatic carboxylic acids is 1. The molecule has 0 bridgehead atoms. The monoisotopic (exact) mass is 963 g/mol. The molecule has 0 amide bonds. The second kappa shape index (κ2) is 51.1. The quantitative estimate of drug-likeness (QED) is 0.0211. The number of ether oxygens (including phenoxy) is 4. The maximum absolute atomic E-state index is 12.8. The van der Waals surface area contributed by atoms with Gasteiger partial charge >= 0.3 is 17.9 Å². The van der Waals surface area contributed by atoms with E-state index in [-0.39, 0.29) is 32.2 Å². The predicted octanol–water partition coefficient (Wildman–Crippen LogP) is 16.7. The van der Waals surface area contributed by atoms with E-state index in [1.165, 1.54) is 205 Å². The Balaban J connectivity index is 3.81. The van der Waals surface area contributed by atoms with Crippen molar-refractivity contribution in [1.29, 1.82) is 0 Å². The number of unbranched alkanes of at least 4 members (excludes halogenated alkanes) is 35. The molecule has 2 unspecified atom stereocenters. The molecule has 400 valence electrons. The second-order valence-corrected chi connectivity index (χ2v) is 21.0. The lowest BCUT2D eigenvalue weighted by atomic mass is 10.0. The van der Waals surface area contributed by atoms with E-state index >= 15 is 0 Å². The largest absolute Gasteiger partial charge is 0.477 e. The Morgan fingerprint density at radius 2 is 0.794 bits per heavy atom. The molecular weight excluding hydrogens is 851 g/mol. The molecule has 68 heavy (non-hydrogen) atoms. The van der Waals surface area contributed by atoms with Crippen LogP contribution < -0.4 is 0 Å². The SMILES string of the molecule is CCCCCCC/C=C\C/C=C\CCCCCCCCCCCCCCCCCCCCCCCCCCCC(=O)OC(COC(=O)CCCCCCCC)COC(OCC[N+](C)(C)C)C(=O)O. The molecule has 0 aromatic rings. The Bertz CT molecular complexity index is 1170. The highest BCUT2D eigenvalue weighted by Crippen LogP contribution is 2.17. The van der Waals surface area contributed by atoms with Gasteiger partial charge in [0.1, 0.15) is 13.2 Å². The number of likely N-dealkylation sites (N-methyl/N-ethyl adjacent to an activating group) is 1. The molecule has 0 saturated carbocycles. The Labute approximate surface area is 420 Å². The van der Waals surface area contributed by atoms with Gasteiger partial charge in [0, 0.05) is 12.8 Å². The lowest BCUT2D eigenvalue weighted by Crippen LogP contribution is -2.40. The summed E-state index contributed by atoms with van der Waals surface area (Å²) in [6.07, 6.45) is 57.6. The molecule has 0 aromatic heterocycles. The van der Waals surface area contributed by atoms with Crippen molar-refractivity contribution in [3.63, 3.8) is 0 Å². The van der Waals surface area contributed by atoms with Crippen LogP contribution in [0.1, 0.15) is 277 Å². The number of carboxylic acid groups (broad SMARTS) is 1. The first kappa shape index (κ1) is 65.8. The van der Waals surface area contributed by atoms with E-state index in [1.54, 1.807) is 0 Å². The van der Waals surface area contributed by atoms with Gasteiger partial charge in [-0.05, 0) is 44.9 Å². The summed E-state index contributed by atoms with van der Waals surface area (Å²) in [5, 5.41) is 9.62. The minimum Gasteiger partial charge on any atom is -0.477 e. The highest BCUT2D eigenvalue weighted by Gasteiger charge is 2.25. The first-order valence-corrected chi connectivity index (χ1v) is 29.0. The third-order valence-electron chi connectivity index (χ3n) is 13.0. The van der Waals surface area contributed by atoms with Gasteiger partial charge in [0.2, 0.25) is 0 Å². The van der Waals surface area contributed by atoms with E-state index in [0.29, 0.717) is 17.4 Å². The van der Waals surface area contributed by atoms with E-state index in [4.69, 9.17) is 18.9 Å². The summed E-state index contributed by atoms with van der Waals surface area (Å²) in [4.78, 5) is 37.0. The van der Waals surface area contributed by atoms with Crippen LogP contribution >= 0.6 is 0 Å². The van der Waals surface area contributed by atoms with Gasteiger partial charge < -0.3 is 28.5 Å². The highest BCUT2D eigenvalue weighted by molar-refractivity contribution is 5.71. The number of hydrogen-bond donors (Lipinski definition) is 1. The summed E-state index contributed by atoms with van der Waals surface area (Å²) in [6, 6.07) is 0. The minimum absolute atomic E-state index is 0.177. The third kappa shape index (κ3) is 51.6. The summed E-state index contributed by atoms with van der Waals surface area (Å²) >= 11 is 0. The van der Waals surface area contributed by atoms with E-state index < -0.39 is 24.3 Å². The first-order valence-electron chi connectivity index (χ1n) is 29.0. The molecule has 0 saturated heterocycles. The number of quaternary nitrogens is 1. The molecule has 2 atom stereocenters. The summed E-state index contributed by atoms with van der Waals surface area (Å²) in [5.41, 5.74) is 0. The predicted molar refractivity (Wildman–Crippen MR) is 286 cm³/mol. The van der Waals surface area contributed by atoms with Gasteiger partial charge in [-0.2, -0.15) is 0 Å². The Morgan fingerprint density at radius 3 is 1.16 bits per heavy atom. The highest BCUT2D eigenvalue weighted by atomic mass is 16.7. The van der Waals surface area contributed by atoms with Gasteiger partial charge in [0.25, 0.3) is 6.29 Å². The van der Waals surface area contributed by atoms with Crippen LogP contribution in [0.2, 0.25) is 0 Å². The van der Waals surface area contributed by atoms with Gasteiger partial charge in [-0.15, -0.1) is 0 Å². The minimum atomic E-state index is -1.50. The van der Waals surface area contributed by atoms with Crippen molar-refractivity contribution in [1.82, 2.24) is 0 Å². The molecule has 0 aromatic carbocycles. The average Bonchev–Trinajstić information content (AvgIpc) is 3.30. The zero-order valence-corrected chi connectivity index (χ0v) is 45.5. The van der Waals surface area contributed by atoms with Crippen molar-refractivity contribution >= 4 is 17.9 Å². The zero-order valence-electron chi connectivity index (χ0n) is 45.5. The van der Waals surface area contributed by atoms with Crippen molar-refractivity contribution in [2.45, 2.75) is 289 Å². The molecule has 0 fully saturated rings. The topological polar surface area (TPSA) is 108 Å². The van der Waals surface area contributed by atoms with Crippen molar-refractivity contribution in [3.8, 4) is 0 Å². The molecule has 0 radical (unpaired) electrons. The molecule has 9 nitrogen and oxygen atoms in total. The standard InChI is InChI=1S/C59H111NO8/c1-6-8-10-12-14-15-16-17-18-19-20-21-22-23-24-25-26-27-28-29-30-31-32-33-34-35-36-37-38-39-40-41-42-43-44-46-48-50-57(62)68-55(53-66-56(61)49-47-45-13-11-9-7-2)54-67-59(58(63)64)65-52-51-60(3,4)5/h16-17,19-20,55,59H,6-15,18,21-54H2,1-5H3/p+1/b17-16-,20-19-. The molecule has 1 N–H and O–H groups in total. The van der Waals surface area contributed by atoms with Crippen LogP contribution in [-0.4, -0.2) is 87.4 Å². The molecule has 0 aliphatic heterocycles. The lowest BCUT2D eigenvalue weighted by molar-refractivity contribution is -0.870. The Kier molecular flexibility index (Phi) is 49.5. The average molecular weight is 964 g/mol. The number of rotatable bonds is 54.